The maximum Gasteiger partial charge on any atom is 0.224 e. The van der Waals surface area contributed by atoms with Gasteiger partial charge in [0.05, 0.1) is 30.1 Å². The van der Waals surface area contributed by atoms with E-state index in [0.29, 0.717) is 6.42 Å². The van der Waals surface area contributed by atoms with Crippen molar-refractivity contribution < 1.29 is 18.3 Å². The van der Waals surface area contributed by atoms with Crippen LogP contribution in [-0.2, 0) is 14.6 Å². The van der Waals surface area contributed by atoms with Crippen LogP contribution < -0.4 is 5.32 Å². The second kappa shape index (κ2) is 5.71. The van der Waals surface area contributed by atoms with Crippen LogP contribution in [0.15, 0.2) is 30.3 Å². The molecular weight excluding hydrogens is 266 g/mol. The van der Waals surface area contributed by atoms with Gasteiger partial charge in [0.25, 0.3) is 0 Å². The Morgan fingerprint density at radius 3 is 2.58 bits per heavy atom. The van der Waals surface area contributed by atoms with E-state index in [0.717, 1.165) is 5.56 Å². The molecule has 0 bridgehead atoms. The van der Waals surface area contributed by atoms with E-state index in [4.69, 9.17) is 0 Å². The van der Waals surface area contributed by atoms with Crippen molar-refractivity contribution >= 4 is 15.7 Å². The van der Waals surface area contributed by atoms with E-state index in [2.05, 4.69) is 5.32 Å². The van der Waals surface area contributed by atoms with Crippen LogP contribution >= 0.6 is 0 Å². The highest BCUT2D eigenvalue weighted by Crippen LogP contribution is 2.20. The Kier molecular flexibility index (Phi) is 4.21. The third kappa shape index (κ3) is 3.54. The van der Waals surface area contributed by atoms with Gasteiger partial charge in [0, 0.05) is 0 Å². The lowest BCUT2D eigenvalue weighted by Gasteiger charge is -2.18. The molecule has 104 valence electrons. The van der Waals surface area contributed by atoms with E-state index in [9.17, 15) is 18.3 Å². The van der Waals surface area contributed by atoms with E-state index in [1.807, 2.05) is 30.3 Å². The Balaban J connectivity index is 2.02. The molecule has 0 spiro atoms. The summed E-state index contributed by atoms with van der Waals surface area (Å²) in [6.07, 6.45) is 0.362. The highest BCUT2D eigenvalue weighted by atomic mass is 32.2. The van der Waals surface area contributed by atoms with Gasteiger partial charge in [-0.25, -0.2) is 8.42 Å². The molecule has 2 atom stereocenters. The Labute approximate surface area is 112 Å². The van der Waals surface area contributed by atoms with Gasteiger partial charge in [0.2, 0.25) is 5.91 Å². The lowest BCUT2D eigenvalue weighted by molar-refractivity contribution is -0.125. The van der Waals surface area contributed by atoms with Crippen molar-refractivity contribution in [3.8, 4) is 0 Å². The SMILES string of the molecule is O=C(N[C@@H](CO)c1ccccc1)C1CCS(=O)(=O)C1. The topological polar surface area (TPSA) is 83.5 Å². The number of nitrogens with one attached hydrogen (secondary N) is 1. The molecule has 1 saturated heterocycles. The second-order valence-electron chi connectivity index (χ2n) is 4.75. The maximum absolute atomic E-state index is 12.0. The van der Waals surface area contributed by atoms with Crippen molar-refractivity contribution in [2.24, 2.45) is 5.92 Å². The number of benzene rings is 1. The summed E-state index contributed by atoms with van der Waals surface area (Å²) in [7, 11) is -3.07. The fourth-order valence-electron chi connectivity index (χ4n) is 2.21. The summed E-state index contributed by atoms with van der Waals surface area (Å²) in [5.41, 5.74) is 0.805. The van der Waals surface area contributed by atoms with Gasteiger partial charge in [-0.2, -0.15) is 0 Å². The predicted octanol–water partition coefficient (Wildman–Crippen LogP) is 0.271. The number of hydrogen-bond donors (Lipinski definition) is 2. The summed E-state index contributed by atoms with van der Waals surface area (Å²) >= 11 is 0. The van der Waals surface area contributed by atoms with Gasteiger partial charge in [-0.3, -0.25) is 4.79 Å². The van der Waals surface area contributed by atoms with Crippen LogP contribution in [0.5, 0.6) is 0 Å². The monoisotopic (exact) mass is 283 g/mol. The Bertz CT molecular complexity index is 541. The molecule has 6 heteroatoms. The summed E-state index contributed by atoms with van der Waals surface area (Å²) in [5.74, 6) is -0.821. The standard InChI is InChI=1S/C13H17NO4S/c15-8-12(10-4-2-1-3-5-10)14-13(16)11-6-7-19(17,18)9-11/h1-5,11-12,15H,6-9H2,(H,14,16)/t11?,12-/m0/s1. The Morgan fingerprint density at radius 1 is 1.37 bits per heavy atom. The van der Waals surface area contributed by atoms with Crippen molar-refractivity contribution in [1.82, 2.24) is 5.32 Å². The van der Waals surface area contributed by atoms with Crippen molar-refractivity contribution in [3.63, 3.8) is 0 Å². The second-order valence-corrected chi connectivity index (χ2v) is 6.98. The number of amides is 1. The van der Waals surface area contributed by atoms with Gasteiger partial charge < -0.3 is 10.4 Å². The quantitative estimate of drug-likeness (QED) is 0.831. The molecule has 1 amide bonds. The molecule has 1 aliphatic rings. The first-order valence-electron chi connectivity index (χ1n) is 6.18. The molecule has 1 aromatic carbocycles. The van der Waals surface area contributed by atoms with Crippen molar-refractivity contribution in [3.05, 3.63) is 35.9 Å². The molecule has 1 aliphatic heterocycles. The zero-order chi connectivity index (χ0) is 13.9. The van der Waals surface area contributed by atoms with Crippen molar-refractivity contribution in [2.75, 3.05) is 18.1 Å². The van der Waals surface area contributed by atoms with Crippen LogP contribution in [0.3, 0.4) is 0 Å². The van der Waals surface area contributed by atoms with Crippen molar-refractivity contribution in [1.29, 1.82) is 0 Å². The number of aliphatic hydroxyl groups is 1. The van der Waals surface area contributed by atoms with Gasteiger partial charge in [0.1, 0.15) is 0 Å². The van der Waals surface area contributed by atoms with Crippen molar-refractivity contribution in [2.45, 2.75) is 12.5 Å². The molecule has 5 nitrogen and oxygen atoms in total. The molecule has 0 aliphatic carbocycles. The molecule has 1 unspecified atom stereocenters. The van der Waals surface area contributed by atoms with E-state index >= 15 is 0 Å². The number of carbonyl (C=O) groups excluding carboxylic acids is 1. The van der Waals surface area contributed by atoms with Gasteiger partial charge in [-0.1, -0.05) is 30.3 Å². The van der Waals surface area contributed by atoms with Gasteiger partial charge in [0.15, 0.2) is 9.84 Å². The van der Waals surface area contributed by atoms with Crippen LogP contribution in [0.2, 0.25) is 0 Å². The molecule has 1 fully saturated rings. The van der Waals surface area contributed by atoms with Gasteiger partial charge >= 0.3 is 0 Å². The predicted molar refractivity (Wildman–Crippen MR) is 71.2 cm³/mol. The van der Waals surface area contributed by atoms with Crippen LogP contribution in [-0.4, -0.2) is 37.5 Å². The Hall–Kier alpha value is -1.40. The molecule has 2 rings (SSSR count). The van der Waals surface area contributed by atoms with E-state index in [-0.39, 0.29) is 24.0 Å². The summed E-state index contributed by atoms with van der Waals surface area (Å²) < 4.78 is 22.7. The molecule has 1 heterocycles. The zero-order valence-corrected chi connectivity index (χ0v) is 11.3. The summed E-state index contributed by atoms with van der Waals surface area (Å²) in [6, 6.07) is 8.63. The fraction of sp³-hybridized carbons (Fsp3) is 0.462. The summed E-state index contributed by atoms with van der Waals surface area (Å²) in [6.45, 7) is -0.213. The lowest BCUT2D eigenvalue weighted by Crippen LogP contribution is -2.36. The zero-order valence-electron chi connectivity index (χ0n) is 10.5. The average molecular weight is 283 g/mol. The number of hydrogen-bond acceptors (Lipinski definition) is 4. The third-order valence-corrected chi connectivity index (χ3v) is 5.07. The smallest absolute Gasteiger partial charge is 0.224 e. The van der Waals surface area contributed by atoms with Gasteiger partial charge in [-0.15, -0.1) is 0 Å². The van der Waals surface area contributed by atoms with Gasteiger partial charge in [-0.05, 0) is 12.0 Å². The molecule has 2 N–H and O–H groups in total. The lowest BCUT2D eigenvalue weighted by atomic mass is 10.0. The number of aliphatic hydroxyl groups excluding tert-OH is 1. The molecule has 0 radical (unpaired) electrons. The number of sulfone groups is 1. The number of rotatable bonds is 4. The summed E-state index contributed by atoms with van der Waals surface area (Å²) in [4.78, 5) is 12.0. The fourth-order valence-corrected chi connectivity index (χ4v) is 3.95. The molecule has 19 heavy (non-hydrogen) atoms. The Morgan fingerprint density at radius 2 is 2.05 bits per heavy atom. The van der Waals surface area contributed by atoms with E-state index in [1.54, 1.807) is 0 Å². The molecular formula is C13H17NO4S. The first kappa shape index (κ1) is 14.0. The molecule has 0 aromatic heterocycles. The number of carbonyl (C=O) groups is 1. The molecule has 0 saturated carbocycles. The highest BCUT2D eigenvalue weighted by molar-refractivity contribution is 7.91. The summed E-state index contributed by atoms with van der Waals surface area (Å²) in [5, 5.41) is 12.1. The van der Waals surface area contributed by atoms with Crippen LogP contribution in [0, 0.1) is 5.92 Å². The van der Waals surface area contributed by atoms with Crippen LogP contribution in [0.25, 0.3) is 0 Å². The minimum Gasteiger partial charge on any atom is -0.394 e. The van der Waals surface area contributed by atoms with E-state index < -0.39 is 21.8 Å². The molecule has 1 aromatic rings. The minimum atomic E-state index is -3.07. The first-order chi connectivity index (χ1) is 9.02. The third-order valence-electron chi connectivity index (χ3n) is 3.30. The average Bonchev–Trinajstić information content (AvgIpc) is 2.77. The normalized spacial score (nSPS) is 22.9. The van der Waals surface area contributed by atoms with Crippen LogP contribution in [0.4, 0.5) is 0 Å². The largest absolute Gasteiger partial charge is 0.394 e. The van der Waals surface area contributed by atoms with E-state index in [1.165, 1.54) is 0 Å². The highest BCUT2D eigenvalue weighted by Gasteiger charge is 2.33. The maximum atomic E-state index is 12.0. The minimum absolute atomic E-state index is 0.0697. The van der Waals surface area contributed by atoms with Crippen LogP contribution in [0.1, 0.15) is 18.0 Å². The first-order valence-corrected chi connectivity index (χ1v) is 8.00.